The zero-order valence-electron chi connectivity index (χ0n) is 11.9. The summed E-state index contributed by atoms with van der Waals surface area (Å²) in [6.45, 7) is 4.57. The number of unbranched alkanes of at least 4 members (excludes halogenated alkanes) is 1. The van der Waals surface area contributed by atoms with Crippen molar-refractivity contribution in [3.63, 3.8) is 0 Å². The van der Waals surface area contributed by atoms with Gasteiger partial charge in [-0.05, 0) is 49.3 Å². The quantitative estimate of drug-likeness (QED) is 0.742. The van der Waals surface area contributed by atoms with Crippen LogP contribution in [0, 0.1) is 5.92 Å². The number of rotatable bonds is 6. The van der Waals surface area contributed by atoms with Crippen LogP contribution in [0.1, 0.15) is 57.9 Å². The Labute approximate surface area is 112 Å². The van der Waals surface area contributed by atoms with E-state index in [2.05, 4.69) is 43.4 Å². The fraction of sp³-hybridized carbons (Fsp3) is 0.647. The minimum atomic E-state index is 0.705. The van der Waals surface area contributed by atoms with Crippen LogP contribution in [0.3, 0.4) is 0 Å². The van der Waals surface area contributed by atoms with Crippen molar-refractivity contribution in [2.45, 2.75) is 64.8 Å². The van der Waals surface area contributed by atoms with Crippen LogP contribution < -0.4 is 5.32 Å². The van der Waals surface area contributed by atoms with Crippen molar-refractivity contribution < 1.29 is 0 Å². The molecule has 0 bridgehead atoms. The molecule has 1 saturated carbocycles. The molecular weight excluding hydrogens is 218 g/mol. The summed E-state index contributed by atoms with van der Waals surface area (Å²) in [5.41, 5.74) is 2.78. The normalized spacial score (nSPS) is 23.2. The van der Waals surface area contributed by atoms with Gasteiger partial charge in [0.1, 0.15) is 0 Å². The van der Waals surface area contributed by atoms with Crippen LogP contribution in [0.4, 0.5) is 5.69 Å². The number of anilines is 1. The van der Waals surface area contributed by atoms with Crippen LogP contribution in [-0.2, 0) is 6.42 Å². The Morgan fingerprint density at radius 2 is 1.89 bits per heavy atom. The van der Waals surface area contributed by atoms with E-state index in [-0.39, 0.29) is 0 Å². The lowest BCUT2D eigenvalue weighted by Gasteiger charge is -2.21. The molecule has 1 heteroatoms. The van der Waals surface area contributed by atoms with Crippen molar-refractivity contribution in [1.82, 2.24) is 0 Å². The molecule has 2 atom stereocenters. The number of aryl methyl sites for hydroxylation is 1. The highest BCUT2D eigenvalue weighted by Crippen LogP contribution is 2.30. The second-order valence-electron chi connectivity index (χ2n) is 5.65. The molecule has 0 saturated heterocycles. The van der Waals surface area contributed by atoms with Gasteiger partial charge in [-0.3, -0.25) is 0 Å². The first-order valence-corrected chi connectivity index (χ1v) is 7.69. The monoisotopic (exact) mass is 245 g/mol. The first-order valence-electron chi connectivity index (χ1n) is 7.69. The molecule has 1 aromatic rings. The summed E-state index contributed by atoms with van der Waals surface area (Å²) in [5, 5.41) is 3.73. The van der Waals surface area contributed by atoms with Crippen molar-refractivity contribution in [2.24, 2.45) is 5.92 Å². The van der Waals surface area contributed by atoms with Crippen LogP contribution in [0.2, 0.25) is 0 Å². The summed E-state index contributed by atoms with van der Waals surface area (Å²) in [4.78, 5) is 0. The van der Waals surface area contributed by atoms with E-state index in [4.69, 9.17) is 0 Å². The van der Waals surface area contributed by atoms with Gasteiger partial charge >= 0.3 is 0 Å². The molecule has 0 aliphatic heterocycles. The van der Waals surface area contributed by atoms with Crippen molar-refractivity contribution in [2.75, 3.05) is 5.32 Å². The third-order valence-electron chi connectivity index (χ3n) is 4.31. The molecule has 1 aromatic carbocycles. The molecule has 1 aliphatic rings. The molecule has 1 aliphatic carbocycles. The fourth-order valence-corrected chi connectivity index (χ4v) is 3.08. The zero-order chi connectivity index (χ0) is 12.8. The third-order valence-corrected chi connectivity index (χ3v) is 4.31. The average molecular weight is 245 g/mol. The molecule has 1 nitrogen and oxygen atoms in total. The van der Waals surface area contributed by atoms with Gasteiger partial charge in [-0.2, -0.15) is 0 Å². The summed E-state index contributed by atoms with van der Waals surface area (Å²) in [6.07, 6.45) is 9.25. The van der Waals surface area contributed by atoms with Gasteiger partial charge in [-0.25, -0.2) is 0 Å². The summed E-state index contributed by atoms with van der Waals surface area (Å²) in [7, 11) is 0. The maximum atomic E-state index is 3.73. The Morgan fingerprint density at radius 3 is 2.56 bits per heavy atom. The van der Waals surface area contributed by atoms with E-state index in [0.29, 0.717) is 6.04 Å². The second-order valence-corrected chi connectivity index (χ2v) is 5.65. The van der Waals surface area contributed by atoms with E-state index >= 15 is 0 Å². The first-order chi connectivity index (χ1) is 8.83. The molecule has 18 heavy (non-hydrogen) atoms. The second kappa shape index (κ2) is 6.82. The van der Waals surface area contributed by atoms with Gasteiger partial charge in [0, 0.05) is 11.7 Å². The molecule has 0 heterocycles. The minimum Gasteiger partial charge on any atom is -0.382 e. The number of nitrogens with one attached hydrogen (secondary N) is 1. The van der Waals surface area contributed by atoms with Gasteiger partial charge in [0.15, 0.2) is 0 Å². The maximum absolute atomic E-state index is 3.73. The Bertz CT molecular complexity index is 341. The molecule has 100 valence electrons. The average Bonchev–Trinajstić information content (AvgIpc) is 2.85. The van der Waals surface area contributed by atoms with Crippen molar-refractivity contribution in [1.29, 1.82) is 0 Å². The lowest BCUT2D eigenvalue weighted by atomic mass is 10.0. The lowest BCUT2D eigenvalue weighted by molar-refractivity contribution is 0.489. The van der Waals surface area contributed by atoms with E-state index < -0.39 is 0 Å². The summed E-state index contributed by atoms with van der Waals surface area (Å²) >= 11 is 0. The van der Waals surface area contributed by atoms with E-state index in [0.717, 1.165) is 5.92 Å². The van der Waals surface area contributed by atoms with Crippen LogP contribution in [0.25, 0.3) is 0 Å². The number of benzene rings is 1. The van der Waals surface area contributed by atoms with Crippen molar-refractivity contribution >= 4 is 5.69 Å². The van der Waals surface area contributed by atoms with Crippen molar-refractivity contribution in [3.8, 4) is 0 Å². The first kappa shape index (κ1) is 13.5. The largest absolute Gasteiger partial charge is 0.382 e. The van der Waals surface area contributed by atoms with Gasteiger partial charge in [-0.15, -0.1) is 0 Å². The molecule has 0 amide bonds. The number of hydrogen-bond acceptors (Lipinski definition) is 1. The molecule has 0 spiro atoms. The summed E-state index contributed by atoms with van der Waals surface area (Å²) in [5.74, 6) is 0.879. The van der Waals surface area contributed by atoms with E-state index in [1.165, 1.54) is 56.2 Å². The van der Waals surface area contributed by atoms with Crippen LogP contribution >= 0.6 is 0 Å². The molecule has 2 unspecified atom stereocenters. The minimum absolute atomic E-state index is 0.705. The zero-order valence-corrected chi connectivity index (χ0v) is 11.9. The Balaban J connectivity index is 1.89. The topological polar surface area (TPSA) is 12.0 Å². The molecule has 1 N–H and O–H groups in total. The third kappa shape index (κ3) is 3.51. The van der Waals surface area contributed by atoms with E-state index in [9.17, 15) is 0 Å². The highest BCUT2D eigenvalue weighted by atomic mass is 14.9. The maximum Gasteiger partial charge on any atom is 0.0342 e. The standard InChI is InChI=1S/C17H27N/c1-3-5-7-14-10-12-16(13-11-14)18-17-9-6-8-15(17)4-2/h10-13,15,17-18H,3-9H2,1-2H3. The van der Waals surface area contributed by atoms with Gasteiger partial charge in [0.2, 0.25) is 0 Å². The van der Waals surface area contributed by atoms with Crippen LogP contribution in [0.5, 0.6) is 0 Å². The molecule has 0 aromatic heterocycles. The van der Waals surface area contributed by atoms with Gasteiger partial charge < -0.3 is 5.32 Å². The van der Waals surface area contributed by atoms with Gasteiger partial charge in [0.05, 0.1) is 0 Å². The summed E-state index contributed by atoms with van der Waals surface area (Å²) in [6, 6.07) is 9.80. The lowest BCUT2D eigenvalue weighted by Crippen LogP contribution is -2.23. The number of hydrogen-bond donors (Lipinski definition) is 1. The highest BCUT2D eigenvalue weighted by Gasteiger charge is 2.25. The van der Waals surface area contributed by atoms with Gasteiger partial charge in [0.25, 0.3) is 0 Å². The predicted octanol–water partition coefficient (Wildman–Crippen LogP) is 5.02. The Morgan fingerprint density at radius 1 is 1.11 bits per heavy atom. The highest BCUT2D eigenvalue weighted by molar-refractivity contribution is 5.45. The predicted molar refractivity (Wildman–Crippen MR) is 80.1 cm³/mol. The molecule has 2 rings (SSSR count). The SMILES string of the molecule is CCCCc1ccc(NC2CCCC2CC)cc1. The van der Waals surface area contributed by atoms with E-state index in [1.807, 2.05) is 0 Å². The summed E-state index contributed by atoms with van der Waals surface area (Å²) < 4.78 is 0. The Kier molecular flexibility index (Phi) is 5.10. The van der Waals surface area contributed by atoms with E-state index in [1.54, 1.807) is 0 Å². The Hall–Kier alpha value is -0.980. The van der Waals surface area contributed by atoms with Gasteiger partial charge in [-0.1, -0.05) is 45.2 Å². The molecular formula is C17H27N. The van der Waals surface area contributed by atoms with Crippen molar-refractivity contribution in [3.05, 3.63) is 29.8 Å². The molecule has 0 radical (unpaired) electrons. The van der Waals surface area contributed by atoms with Crippen LogP contribution in [-0.4, -0.2) is 6.04 Å². The fourth-order valence-electron chi connectivity index (χ4n) is 3.08. The molecule has 1 fully saturated rings. The smallest absolute Gasteiger partial charge is 0.0342 e. The van der Waals surface area contributed by atoms with Crippen LogP contribution in [0.15, 0.2) is 24.3 Å².